The van der Waals surface area contributed by atoms with Crippen molar-refractivity contribution in [2.45, 2.75) is 276 Å². The number of carboxylic acid groups (broad SMARTS) is 2. The largest absolute Gasteiger partial charge is 0.481 e. The molecule has 0 bridgehead atoms. The van der Waals surface area contributed by atoms with Gasteiger partial charge in [-0.15, -0.1) is 23.5 Å². The van der Waals surface area contributed by atoms with E-state index < -0.39 is 75.3 Å². The molecule has 0 aliphatic carbocycles. The molecular formula is C98H142N6O18S6. The number of thiocarbonyl (C=S) groups is 2. The highest BCUT2D eigenvalue weighted by atomic mass is 32.2. The number of aromatic amines is 2. The van der Waals surface area contributed by atoms with Gasteiger partial charge in [-0.05, 0) is 151 Å². The summed E-state index contributed by atoms with van der Waals surface area (Å²) in [5, 5.41) is 19.0. The second-order valence-corrected chi connectivity index (χ2v) is 38.7. The lowest BCUT2D eigenvalue weighted by Crippen LogP contribution is -2.30. The highest BCUT2D eigenvalue weighted by molar-refractivity contribution is 8.47. The number of rotatable bonds is 62. The maximum atomic E-state index is 14.2. The number of methoxy groups -OCH3 is 2. The Morgan fingerprint density at radius 2 is 0.781 bits per heavy atom. The van der Waals surface area contributed by atoms with Gasteiger partial charge in [0.2, 0.25) is 0 Å². The third-order valence-corrected chi connectivity index (χ3v) is 27.1. The molecule has 0 fully saturated rings. The van der Waals surface area contributed by atoms with E-state index in [1.54, 1.807) is 81.0 Å². The van der Waals surface area contributed by atoms with Crippen molar-refractivity contribution >= 4 is 114 Å². The molecule has 0 aliphatic heterocycles. The maximum absolute atomic E-state index is 14.2. The van der Waals surface area contributed by atoms with Crippen molar-refractivity contribution < 1.29 is 67.4 Å². The van der Waals surface area contributed by atoms with E-state index in [0.29, 0.717) is 55.6 Å². The van der Waals surface area contributed by atoms with Crippen LogP contribution in [0.1, 0.15) is 291 Å². The van der Waals surface area contributed by atoms with Gasteiger partial charge in [-0.1, -0.05) is 280 Å². The molecule has 0 spiro atoms. The summed E-state index contributed by atoms with van der Waals surface area (Å²) in [6, 6.07) is 26.2. The lowest BCUT2D eigenvalue weighted by Gasteiger charge is -2.29. The number of aromatic nitrogens is 6. The van der Waals surface area contributed by atoms with Gasteiger partial charge in [-0.2, -0.15) is 0 Å². The summed E-state index contributed by atoms with van der Waals surface area (Å²) < 4.78 is 35.0. The molecule has 4 heterocycles. The number of nitrogens with zero attached hydrogens (tertiary/aromatic N) is 4. The Hall–Kier alpha value is -8.10. The number of thioether (sulfide) groups is 4. The van der Waals surface area contributed by atoms with Crippen molar-refractivity contribution in [1.82, 2.24) is 29.1 Å². The van der Waals surface area contributed by atoms with E-state index in [-0.39, 0.29) is 68.2 Å². The fourth-order valence-corrected chi connectivity index (χ4v) is 19.4. The number of hydrogen-bond acceptors (Lipinski definition) is 24. The third kappa shape index (κ3) is 52.1. The molecule has 2 aromatic carbocycles. The Morgan fingerprint density at radius 3 is 1.19 bits per heavy atom. The number of carbonyl (C=O) groups excluding carboxylic acids is 4. The van der Waals surface area contributed by atoms with Gasteiger partial charge >= 0.3 is 47.2 Å². The number of H-pyrrole nitrogens is 2. The van der Waals surface area contributed by atoms with Crippen LogP contribution in [0.25, 0.3) is 0 Å². The van der Waals surface area contributed by atoms with Crippen molar-refractivity contribution in [3.63, 3.8) is 0 Å². The molecule has 6 rings (SSSR count). The quantitative estimate of drug-likeness (QED) is 0.00906. The summed E-state index contributed by atoms with van der Waals surface area (Å²) in [6.07, 6.45) is 43.6. The molecule has 128 heavy (non-hydrogen) atoms. The Bertz CT molecular complexity index is 4340. The van der Waals surface area contributed by atoms with Gasteiger partial charge in [0, 0.05) is 80.9 Å². The number of carboxylic acids is 2. The van der Waals surface area contributed by atoms with Crippen LogP contribution < -0.4 is 22.5 Å². The highest BCUT2D eigenvalue weighted by Gasteiger charge is 2.35. The number of aliphatic carboxylic acids is 2. The summed E-state index contributed by atoms with van der Waals surface area (Å²) in [5.41, 5.74) is 3.90. The van der Waals surface area contributed by atoms with E-state index in [1.165, 1.54) is 168 Å². The number of carbonyl (C=O) groups is 6. The molecule has 24 nitrogen and oxygen atoms in total. The summed E-state index contributed by atoms with van der Waals surface area (Å²) in [4.78, 5) is 133. The molecule has 0 amide bonds. The number of nitrogens with one attached hydrogen (secondary N) is 2. The van der Waals surface area contributed by atoms with Crippen LogP contribution in [0.2, 0.25) is 0 Å². The van der Waals surface area contributed by atoms with E-state index >= 15 is 0 Å². The molecular weight excluding hydrogens is 1740 g/mol. The van der Waals surface area contributed by atoms with Crippen LogP contribution in [0.5, 0.6) is 0 Å². The Balaban J connectivity index is 0.000000569. The first-order chi connectivity index (χ1) is 61.8. The van der Waals surface area contributed by atoms with Gasteiger partial charge in [0.15, 0.2) is 0 Å². The van der Waals surface area contributed by atoms with Crippen LogP contribution in [0.3, 0.4) is 0 Å². The van der Waals surface area contributed by atoms with Crippen molar-refractivity contribution in [2.75, 3.05) is 65.4 Å². The van der Waals surface area contributed by atoms with Gasteiger partial charge in [0.1, 0.15) is 25.5 Å². The van der Waals surface area contributed by atoms with E-state index in [0.717, 1.165) is 99.4 Å². The fourth-order valence-electron chi connectivity index (χ4n) is 13.8. The number of benzene rings is 2. The molecule has 30 heteroatoms. The van der Waals surface area contributed by atoms with E-state index in [2.05, 4.69) is 73.3 Å². The predicted octanol–water partition coefficient (Wildman–Crippen LogP) is 21.2. The minimum absolute atomic E-state index is 0.0146. The van der Waals surface area contributed by atoms with Gasteiger partial charge in [-0.3, -0.25) is 57.8 Å². The number of pyridine rings is 2. The fraction of sp³-hybridized carbons (Fsp3) is 0.571. The van der Waals surface area contributed by atoms with Crippen molar-refractivity contribution in [3.8, 4) is 0 Å². The number of hydrogen-bond donors (Lipinski definition) is 4. The van der Waals surface area contributed by atoms with E-state index in [1.807, 2.05) is 74.5 Å². The van der Waals surface area contributed by atoms with Crippen LogP contribution in [0.15, 0.2) is 167 Å². The van der Waals surface area contributed by atoms with Gasteiger partial charge in [0.25, 0.3) is 11.1 Å². The zero-order valence-electron chi connectivity index (χ0n) is 76.7. The Kier molecular flexibility index (Phi) is 63.8. The van der Waals surface area contributed by atoms with Crippen molar-refractivity contribution in [2.24, 2.45) is 17.8 Å². The number of unbranched alkanes of at least 4 members (excludes halogenated alkanes) is 20. The lowest BCUT2D eigenvalue weighted by atomic mass is 9.76. The van der Waals surface area contributed by atoms with Gasteiger partial charge < -0.3 is 38.6 Å². The van der Waals surface area contributed by atoms with Gasteiger partial charge in [0.05, 0.1) is 57.3 Å². The normalized spacial score (nSPS) is 12.8. The van der Waals surface area contributed by atoms with E-state index in [9.17, 15) is 58.2 Å². The molecule has 0 radical (unpaired) electrons. The second kappa shape index (κ2) is 71.6. The summed E-state index contributed by atoms with van der Waals surface area (Å²) in [7, 11) is 3.07. The topological polar surface area (TPSA) is 334 Å². The molecule has 8 unspecified atom stereocenters. The molecule has 4 aromatic heterocycles. The minimum atomic E-state index is -0.902. The zero-order valence-corrected chi connectivity index (χ0v) is 81.6. The van der Waals surface area contributed by atoms with Crippen LogP contribution in [-0.4, -0.2) is 153 Å². The average molecular weight is 1880 g/mol. The Morgan fingerprint density at radius 1 is 0.422 bits per heavy atom. The standard InChI is InChI=1S/C49H71N3O9S3.C36H49N3O4S3.C7H12O2.C6H10O3/c1-5-7-9-10-11-12-13-14-15-16-30-63-49(62)64-43(47(57)60-27-8-6-2)34-42(46(56)61-29-28-59-4)33-41(32-40(31-36(3)45(54)55)39-21-24-50-25-22-39)38-19-17-37(18-20-38)35-52-26-23-44(53)51-48(52)58;1-3-4-5-6-7-8-9-10-11-12-23-45-36(44)46-32(25-31(24-27(2)34(41)42)29-17-20-37-21-18-29)30-15-13-28(14-16-30)26-39-22-19-33(40)38-35(39)43;1-3-5-6-9-7(8)4-2;1-3-6(7)9-5-4-8-2/h17-26,36,40-43H,5-16,27-35H2,1-4H3,(H,54,55)(H,51,53,58);13-22,27,31-32H,3-12,23-26H2,1-2H3,(H,41,42)(H,38,40,43);4H,2-3,5-6H2,1H3;3H,1,4-5H2,2H3. The average Bonchev–Trinajstić information content (AvgIpc) is 0.826. The smallest absolute Gasteiger partial charge is 0.330 e. The first kappa shape index (κ1) is 114. The summed E-state index contributed by atoms with van der Waals surface area (Å²) in [5.74, 6) is -3.88. The van der Waals surface area contributed by atoms with Crippen LogP contribution in [0.4, 0.5) is 0 Å². The SMILES string of the molecule is C=CC(=O)OCCCC.C=CC(=O)OCCOC.CCCCCCCCCCCCSC(=S)SC(CC(CC(C)C(=O)O)c1ccncc1)c1ccc(Cn2ccc(=O)[nH]c2=O)cc1.CCCCCCCCCCCCSC(=S)SC(CC(CC(CC(CC(C)C(=O)O)c1ccncc1)c1ccc(Cn2ccc(=O)[nH]c2=O)cc1)C(=O)OCCOC)C(=O)OCCCC. The minimum Gasteiger partial charge on any atom is -0.481 e. The predicted molar refractivity (Wildman–Crippen MR) is 529 cm³/mol. The highest BCUT2D eigenvalue weighted by Crippen LogP contribution is 2.44. The second-order valence-electron chi connectivity index (χ2n) is 31.7. The number of esters is 4. The monoisotopic (exact) mass is 1880 g/mol. The summed E-state index contributed by atoms with van der Waals surface area (Å²) >= 11 is 18.0. The molecule has 708 valence electrons. The molecule has 0 aliphatic rings. The van der Waals surface area contributed by atoms with Gasteiger partial charge in [-0.25, -0.2) is 19.2 Å². The Labute approximate surface area is 786 Å². The first-order valence-corrected chi connectivity index (χ1v) is 50.0. The van der Waals surface area contributed by atoms with Crippen LogP contribution in [0, 0.1) is 17.8 Å². The van der Waals surface area contributed by atoms with E-state index in [4.69, 9.17) is 38.6 Å². The van der Waals surface area contributed by atoms with Crippen molar-refractivity contribution in [3.05, 3.63) is 222 Å². The van der Waals surface area contributed by atoms with Crippen LogP contribution >= 0.6 is 71.5 Å². The maximum Gasteiger partial charge on any atom is 0.330 e. The molecule has 0 saturated carbocycles. The molecule has 4 N–H and O–H groups in total. The third-order valence-electron chi connectivity index (χ3n) is 21.3. The summed E-state index contributed by atoms with van der Waals surface area (Å²) in [6.45, 7) is 20.8. The van der Waals surface area contributed by atoms with Crippen LogP contribution in [-0.2, 0) is 70.3 Å². The first-order valence-electron chi connectivity index (χ1n) is 45.4. The zero-order chi connectivity index (χ0) is 93.9. The molecule has 0 saturated heterocycles. The molecule has 8 atom stereocenters. The number of ether oxygens (including phenoxy) is 6. The van der Waals surface area contributed by atoms with Crippen molar-refractivity contribution in [1.29, 1.82) is 0 Å². The molecule has 6 aromatic rings. The lowest BCUT2D eigenvalue weighted by molar-refractivity contribution is -0.151.